The molecule has 10 rings (SSSR count). The number of phenolic OH excluding ortho intramolecular Hbond substituents is 2. The topological polar surface area (TPSA) is 146 Å². The summed E-state index contributed by atoms with van der Waals surface area (Å²) in [6.07, 6.45) is 0. The van der Waals surface area contributed by atoms with Gasteiger partial charge in [0.25, 0.3) is 0 Å². The summed E-state index contributed by atoms with van der Waals surface area (Å²) < 4.78 is 1.42. The van der Waals surface area contributed by atoms with Gasteiger partial charge in [-0.3, -0.25) is 0 Å². The fourth-order valence-corrected chi connectivity index (χ4v) is 6.65. The van der Waals surface area contributed by atoms with Gasteiger partial charge in [0.05, 0.1) is 23.3 Å². The van der Waals surface area contributed by atoms with Crippen LogP contribution >= 0.6 is 31.9 Å². The van der Waals surface area contributed by atoms with Crippen molar-refractivity contribution in [3.8, 4) is 57.1 Å². The smallest absolute Gasteiger partial charge is 0.158 e. The van der Waals surface area contributed by atoms with E-state index in [4.69, 9.17) is 50.1 Å². The number of aromatic hydroxyl groups is 2. The molecule has 5 aromatic carbocycles. The Morgan fingerprint density at radius 3 is 0.922 bits per heavy atom. The summed E-state index contributed by atoms with van der Waals surface area (Å²) in [7, 11) is 0. The molecule has 10 nitrogen and oxygen atoms in total. The Balaban J connectivity index is 0.000000297. The maximum atomic E-state index is 8.92. The summed E-state index contributed by atoms with van der Waals surface area (Å²) >= 11 is 6.32. The van der Waals surface area contributed by atoms with Crippen LogP contribution in [0.5, 0.6) is 11.5 Å². The van der Waals surface area contributed by atoms with Crippen LogP contribution in [0.25, 0.3) is 89.7 Å². The fourth-order valence-electron chi connectivity index (χ4n) is 5.98. The van der Waals surface area contributed by atoms with Crippen LogP contribution in [0, 0.1) is 0 Å². The molecule has 3 aromatic heterocycles. The molecule has 2 aliphatic rings. The number of rotatable bonds is 0. The summed E-state index contributed by atoms with van der Waals surface area (Å²) in [5.41, 5.74) is 5.78. The molecule has 0 spiro atoms. The van der Waals surface area contributed by atoms with E-state index in [0.29, 0.717) is 54.8 Å². The Morgan fingerprint density at radius 1 is 0.392 bits per heavy atom. The van der Waals surface area contributed by atoms with Crippen molar-refractivity contribution in [1.29, 1.82) is 0 Å². The molecule has 0 saturated carbocycles. The molecule has 51 heavy (non-hydrogen) atoms. The van der Waals surface area contributed by atoms with Crippen LogP contribution in [0.4, 0.5) is 0 Å². The summed E-state index contributed by atoms with van der Waals surface area (Å²) in [4.78, 5) is 39.3. The molecular formula is C38H20Br2HfN8O2-2. The number of aromatic nitrogens is 8. The zero-order chi connectivity index (χ0) is 33.9. The number of phenols is 2. The zero-order valence-electron chi connectivity index (χ0n) is 26.1. The summed E-state index contributed by atoms with van der Waals surface area (Å²) in [5, 5.41) is 21.4. The van der Waals surface area contributed by atoms with E-state index in [1.165, 1.54) is 12.1 Å². The minimum Gasteiger partial charge on any atom is -0.504 e. The van der Waals surface area contributed by atoms with Gasteiger partial charge in [-0.15, -0.1) is 0 Å². The van der Waals surface area contributed by atoms with Crippen molar-refractivity contribution < 1.29 is 36.1 Å². The monoisotopic (exact) mass is 958 g/mol. The number of halogens is 2. The first-order chi connectivity index (χ1) is 24.4. The summed E-state index contributed by atoms with van der Waals surface area (Å²) in [6, 6.07) is 34.7. The van der Waals surface area contributed by atoms with Gasteiger partial charge >= 0.3 is 0 Å². The van der Waals surface area contributed by atoms with Gasteiger partial charge in [0.2, 0.25) is 0 Å². The van der Waals surface area contributed by atoms with Crippen molar-refractivity contribution in [3.63, 3.8) is 0 Å². The van der Waals surface area contributed by atoms with Gasteiger partial charge in [-0.25, -0.2) is 9.97 Å². The predicted molar refractivity (Wildman–Crippen MR) is 199 cm³/mol. The molecule has 0 saturated heterocycles. The number of benzene rings is 5. The quantitative estimate of drug-likeness (QED) is 0.112. The Bertz CT molecular complexity index is 2490. The van der Waals surface area contributed by atoms with E-state index < -0.39 is 0 Å². The molecule has 0 atom stereocenters. The minimum absolute atomic E-state index is 0. The molecule has 8 bridgehead atoms. The van der Waals surface area contributed by atoms with Crippen LogP contribution in [-0.2, 0) is 25.8 Å². The second-order valence-electron chi connectivity index (χ2n) is 11.4. The van der Waals surface area contributed by atoms with Crippen molar-refractivity contribution in [1.82, 2.24) is 39.9 Å². The van der Waals surface area contributed by atoms with E-state index >= 15 is 0 Å². The van der Waals surface area contributed by atoms with E-state index in [9.17, 15) is 0 Å². The minimum atomic E-state index is -0.130. The van der Waals surface area contributed by atoms with Crippen LogP contribution in [0.15, 0.2) is 118 Å². The maximum Gasteiger partial charge on any atom is 0.158 e. The van der Waals surface area contributed by atoms with Crippen LogP contribution in [0.1, 0.15) is 0 Å². The molecule has 8 aromatic rings. The number of hydrogen-bond donors (Lipinski definition) is 2. The second kappa shape index (κ2) is 13.2. The third-order valence-electron chi connectivity index (χ3n) is 8.35. The van der Waals surface area contributed by atoms with Gasteiger partial charge in [0.15, 0.2) is 11.5 Å². The Kier molecular flexibility index (Phi) is 8.57. The van der Waals surface area contributed by atoms with Crippen molar-refractivity contribution in [3.05, 3.63) is 118 Å². The molecule has 0 amide bonds. The molecule has 2 N–H and O–H groups in total. The van der Waals surface area contributed by atoms with E-state index in [1.54, 1.807) is 0 Å². The van der Waals surface area contributed by atoms with Crippen LogP contribution in [0.3, 0.4) is 0 Å². The average Bonchev–Trinajstić information content (AvgIpc) is 3.87. The molecule has 244 valence electrons. The first-order valence-corrected chi connectivity index (χ1v) is 17.0. The molecular weight excluding hydrogens is 939 g/mol. The number of hydrogen-bond acceptors (Lipinski definition) is 8. The molecule has 5 heterocycles. The third-order valence-corrected chi connectivity index (χ3v) is 10.2. The van der Waals surface area contributed by atoms with Gasteiger partial charge in [-0.2, -0.15) is 0 Å². The first-order valence-electron chi connectivity index (χ1n) is 15.4. The van der Waals surface area contributed by atoms with E-state index in [0.717, 1.165) is 43.8 Å². The number of fused-ring (bicyclic) bond motifs is 20. The van der Waals surface area contributed by atoms with Crippen molar-refractivity contribution in [2.24, 2.45) is 0 Å². The van der Waals surface area contributed by atoms with Crippen LogP contribution in [0.2, 0.25) is 0 Å². The maximum absolute atomic E-state index is 8.92. The van der Waals surface area contributed by atoms with E-state index in [-0.39, 0.29) is 37.3 Å². The van der Waals surface area contributed by atoms with Gasteiger partial charge < -0.3 is 40.1 Å². The first kappa shape index (κ1) is 33.1. The molecule has 2 aliphatic heterocycles. The molecule has 0 radical (unpaired) electrons. The largest absolute Gasteiger partial charge is 0.504 e. The Hall–Kier alpha value is -5.11. The van der Waals surface area contributed by atoms with Gasteiger partial charge in [-0.05, 0) is 65.5 Å². The molecule has 0 unspecified atom stereocenters. The predicted octanol–water partition coefficient (Wildman–Crippen LogP) is 8.75. The third kappa shape index (κ3) is 5.84. The average molecular weight is 959 g/mol. The van der Waals surface area contributed by atoms with Gasteiger partial charge in [-0.1, -0.05) is 97.1 Å². The SMILES string of the molecule is Oc1cc(Br)c(Br)cc1O.[Hf].c1ccc2c(c1)-c1nc-2nc2[n-]c(nc3nc(nc4[n-]c(n1)c1ccccc41)-c1ccccc1-3)c1ccccc21. The number of nitrogens with zero attached hydrogens (tertiary/aromatic N) is 8. The summed E-state index contributed by atoms with van der Waals surface area (Å²) in [6.45, 7) is 0. The second-order valence-corrected chi connectivity index (χ2v) is 13.1. The van der Waals surface area contributed by atoms with Gasteiger partial charge in [0, 0.05) is 79.6 Å². The zero-order valence-corrected chi connectivity index (χ0v) is 32.9. The van der Waals surface area contributed by atoms with Gasteiger partial charge in [0.1, 0.15) is 0 Å². The Morgan fingerprint density at radius 2 is 0.647 bits per heavy atom. The summed E-state index contributed by atoms with van der Waals surface area (Å²) in [5.74, 6) is 1.95. The van der Waals surface area contributed by atoms with E-state index in [2.05, 4.69) is 31.9 Å². The van der Waals surface area contributed by atoms with Crippen molar-refractivity contribution in [2.45, 2.75) is 0 Å². The standard InChI is InChI=1S/C32H16N8.C6H4Br2O2.Hf/c1-2-10-18-17(9-1)25-33-26(18)38-28-21-13-5-6-14-22(21)30(35-28)40-32-24-16-8-7-15-23(24)31(36-32)39-29-20-12-4-3-11-19(20)27(34-29)37-25;7-3-1-5(9)6(10)2-4(3)8;/h1-16H;1-2,9-10H;/q-2;;. The van der Waals surface area contributed by atoms with Crippen LogP contribution in [-0.4, -0.2) is 40.1 Å². The molecule has 0 fully saturated rings. The van der Waals surface area contributed by atoms with Crippen molar-refractivity contribution in [2.75, 3.05) is 0 Å². The van der Waals surface area contributed by atoms with Crippen molar-refractivity contribution >= 4 is 76.0 Å². The molecule has 0 aliphatic carbocycles. The van der Waals surface area contributed by atoms with Crippen LogP contribution < -0.4 is 9.97 Å². The molecule has 13 heteroatoms. The fraction of sp³-hybridized carbons (Fsp3) is 0. The normalized spacial score (nSPS) is 11.3. The Labute approximate surface area is 324 Å². The van der Waals surface area contributed by atoms with E-state index in [1.807, 2.05) is 97.1 Å².